The summed E-state index contributed by atoms with van der Waals surface area (Å²) in [6.07, 6.45) is 1.51. The quantitative estimate of drug-likeness (QED) is 0.611. The molecule has 0 aliphatic heterocycles. The van der Waals surface area contributed by atoms with Gasteiger partial charge in [-0.2, -0.15) is 20.4 Å². The average Bonchev–Trinajstić information content (AvgIpc) is 2.75. The Bertz CT molecular complexity index is 352. The van der Waals surface area contributed by atoms with Crippen LogP contribution in [0, 0.1) is 0 Å². The lowest BCUT2D eigenvalue weighted by Crippen LogP contribution is -1.95. The molecule has 0 aliphatic rings. The zero-order chi connectivity index (χ0) is 8.39. The number of hydrogen-bond acceptors (Lipinski definition) is 6. The van der Waals surface area contributed by atoms with Crippen molar-refractivity contribution in [2.75, 3.05) is 0 Å². The molecule has 2 rings (SSSR count). The zero-order valence-electron chi connectivity index (χ0n) is 6.06. The molecule has 0 unspecified atom stereocenters. The van der Waals surface area contributed by atoms with Crippen LogP contribution in [0.15, 0.2) is 10.7 Å². The maximum absolute atomic E-state index is 5.28. The van der Waals surface area contributed by atoms with Crippen molar-refractivity contribution in [3.8, 4) is 11.5 Å². The summed E-state index contributed by atoms with van der Waals surface area (Å²) in [5.74, 6) is 0.775. The normalized spacial score (nSPS) is 10.4. The minimum absolute atomic E-state index is 0.227. The van der Waals surface area contributed by atoms with Crippen LogP contribution in [0.5, 0.6) is 0 Å². The first kappa shape index (κ1) is 6.92. The molecule has 2 aromatic rings. The maximum atomic E-state index is 5.28. The van der Waals surface area contributed by atoms with Gasteiger partial charge in [0.15, 0.2) is 5.69 Å². The van der Waals surface area contributed by atoms with Crippen molar-refractivity contribution in [1.29, 1.82) is 0 Å². The molecule has 12 heavy (non-hydrogen) atoms. The molecule has 0 bridgehead atoms. The molecule has 0 aliphatic carbocycles. The van der Waals surface area contributed by atoms with E-state index in [-0.39, 0.29) is 6.54 Å². The van der Waals surface area contributed by atoms with Crippen molar-refractivity contribution in [3.05, 3.63) is 12.1 Å². The van der Waals surface area contributed by atoms with Crippen LogP contribution in [0.1, 0.15) is 5.89 Å². The van der Waals surface area contributed by atoms with E-state index >= 15 is 0 Å². The van der Waals surface area contributed by atoms with E-state index in [0.717, 1.165) is 0 Å². The summed E-state index contributed by atoms with van der Waals surface area (Å²) in [5, 5.41) is 13.5. The first-order chi connectivity index (χ1) is 5.90. The van der Waals surface area contributed by atoms with Crippen molar-refractivity contribution >= 4 is 0 Å². The molecular weight excluding hydrogens is 160 g/mol. The molecular formula is C5H6N6O. The second-order valence-corrected chi connectivity index (χ2v) is 2.07. The molecule has 0 amide bonds. The van der Waals surface area contributed by atoms with Gasteiger partial charge < -0.3 is 10.3 Å². The van der Waals surface area contributed by atoms with Gasteiger partial charge in [0.25, 0.3) is 0 Å². The minimum atomic E-state index is 0.227. The van der Waals surface area contributed by atoms with Crippen molar-refractivity contribution in [3.63, 3.8) is 0 Å². The van der Waals surface area contributed by atoms with Crippen molar-refractivity contribution in [2.45, 2.75) is 6.54 Å². The van der Waals surface area contributed by atoms with Gasteiger partial charge >= 0.3 is 0 Å². The fourth-order valence-corrected chi connectivity index (χ4v) is 0.751. The first-order valence-electron chi connectivity index (χ1n) is 3.29. The van der Waals surface area contributed by atoms with Gasteiger partial charge in [-0.05, 0) is 0 Å². The predicted molar refractivity (Wildman–Crippen MR) is 37.6 cm³/mol. The molecule has 0 fully saturated rings. The predicted octanol–water partition coefficient (Wildman–Crippen LogP) is -0.687. The highest BCUT2D eigenvalue weighted by Crippen LogP contribution is 2.09. The van der Waals surface area contributed by atoms with E-state index in [2.05, 4.69) is 25.6 Å². The highest BCUT2D eigenvalue weighted by Gasteiger charge is 2.08. The van der Waals surface area contributed by atoms with E-state index in [4.69, 9.17) is 10.3 Å². The number of rotatable bonds is 2. The van der Waals surface area contributed by atoms with Crippen LogP contribution in [0.3, 0.4) is 0 Å². The van der Waals surface area contributed by atoms with Crippen LogP contribution >= 0.6 is 0 Å². The van der Waals surface area contributed by atoms with Gasteiger partial charge in [0.1, 0.15) is 0 Å². The van der Waals surface area contributed by atoms with Crippen LogP contribution in [-0.2, 0) is 6.54 Å². The molecule has 0 saturated heterocycles. The van der Waals surface area contributed by atoms with Gasteiger partial charge in [-0.3, -0.25) is 0 Å². The van der Waals surface area contributed by atoms with E-state index in [1.54, 1.807) is 0 Å². The van der Waals surface area contributed by atoms with Crippen LogP contribution in [0.4, 0.5) is 0 Å². The van der Waals surface area contributed by atoms with Gasteiger partial charge in [-0.25, -0.2) is 0 Å². The van der Waals surface area contributed by atoms with Crippen LogP contribution in [0.25, 0.3) is 11.5 Å². The van der Waals surface area contributed by atoms with Gasteiger partial charge in [0.2, 0.25) is 11.7 Å². The fourth-order valence-electron chi connectivity index (χ4n) is 0.751. The SMILES string of the molecule is NCc1nc(-c2cn[nH]n2)no1. The number of nitrogens with zero attached hydrogens (tertiary/aromatic N) is 4. The number of nitrogens with two attached hydrogens (primary N) is 1. The average molecular weight is 166 g/mol. The Morgan fingerprint density at radius 3 is 3.08 bits per heavy atom. The lowest BCUT2D eigenvalue weighted by molar-refractivity contribution is 0.380. The van der Waals surface area contributed by atoms with Crippen LogP contribution < -0.4 is 5.73 Å². The maximum Gasteiger partial charge on any atom is 0.240 e. The molecule has 62 valence electrons. The molecule has 7 nitrogen and oxygen atoms in total. The van der Waals surface area contributed by atoms with E-state index < -0.39 is 0 Å². The van der Waals surface area contributed by atoms with Gasteiger partial charge in [-0.1, -0.05) is 5.16 Å². The molecule has 0 atom stereocenters. The van der Waals surface area contributed by atoms with Gasteiger partial charge in [0.05, 0.1) is 12.7 Å². The number of aromatic nitrogens is 5. The summed E-state index contributed by atoms with van der Waals surface area (Å²) < 4.78 is 4.77. The van der Waals surface area contributed by atoms with Crippen LogP contribution in [-0.4, -0.2) is 25.6 Å². The fraction of sp³-hybridized carbons (Fsp3) is 0.200. The van der Waals surface area contributed by atoms with Gasteiger partial charge in [0, 0.05) is 0 Å². The number of nitrogens with one attached hydrogen (secondary N) is 1. The Hall–Kier alpha value is -1.76. The third kappa shape index (κ3) is 1.05. The number of H-pyrrole nitrogens is 1. The standard InChI is InChI=1S/C5H6N6O/c6-1-4-8-5(10-12-4)3-2-7-11-9-3/h2H,1,6H2,(H,7,9,11). The van der Waals surface area contributed by atoms with Crippen molar-refractivity contribution in [1.82, 2.24) is 25.6 Å². The number of aromatic amines is 1. The second-order valence-electron chi connectivity index (χ2n) is 2.07. The monoisotopic (exact) mass is 166 g/mol. The summed E-state index contributed by atoms with van der Waals surface area (Å²) in [6, 6.07) is 0. The van der Waals surface area contributed by atoms with E-state index in [1.165, 1.54) is 6.20 Å². The topological polar surface area (TPSA) is 107 Å². The van der Waals surface area contributed by atoms with E-state index in [9.17, 15) is 0 Å². The Kier molecular flexibility index (Phi) is 1.56. The second kappa shape index (κ2) is 2.70. The molecule has 7 heteroatoms. The lowest BCUT2D eigenvalue weighted by atomic mass is 10.5. The first-order valence-corrected chi connectivity index (χ1v) is 3.29. The summed E-state index contributed by atoms with van der Waals surface area (Å²) in [5.41, 5.74) is 5.82. The molecule has 0 aromatic carbocycles. The lowest BCUT2D eigenvalue weighted by Gasteiger charge is -1.79. The Morgan fingerprint density at radius 2 is 2.50 bits per heavy atom. The van der Waals surface area contributed by atoms with E-state index in [1.807, 2.05) is 0 Å². The van der Waals surface area contributed by atoms with Crippen molar-refractivity contribution < 1.29 is 4.52 Å². The third-order valence-electron chi connectivity index (χ3n) is 1.29. The summed E-state index contributed by atoms with van der Waals surface area (Å²) in [4.78, 5) is 3.95. The van der Waals surface area contributed by atoms with Crippen LogP contribution in [0.2, 0.25) is 0 Å². The van der Waals surface area contributed by atoms with E-state index in [0.29, 0.717) is 17.4 Å². The molecule has 0 radical (unpaired) electrons. The zero-order valence-corrected chi connectivity index (χ0v) is 6.06. The molecule has 0 saturated carbocycles. The highest BCUT2D eigenvalue weighted by atomic mass is 16.5. The Balaban J connectivity index is 2.35. The smallest absolute Gasteiger partial charge is 0.240 e. The molecule has 2 aromatic heterocycles. The Labute approximate surface area is 67.0 Å². The summed E-state index contributed by atoms with van der Waals surface area (Å²) in [6.45, 7) is 0.227. The van der Waals surface area contributed by atoms with Gasteiger partial charge in [-0.15, -0.1) is 0 Å². The van der Waals surface area contributed by atoms with Crippen molar-refractivity contribution in [2.24, 2.45) is 5.73 Å². The highest BCUT2D eigenvalue weighted by molar-refractivity contribution is 5.44. The largest absolute Gasteiger partial charge is 0.338 e. The minimum Gasteiger partial charge on any atom is -0.338 e. The number of hydrogen-bond donors (Lipinski definition) is 2. The summed E-state index contributed by atoms with van der Waals surface area (Å²) in [7, 11) is 0. The molecule has 2 heterocycles. The molecule has 3 N–H and O–H groups in total. The summed E-state index contributed by atoms with van der Waals surface area (Å²) >= 11 is 0. The molecule has 0 spiro atoms. The Morgan fingerprint density at radius 1 is 1.58 bits per heavy atom. The third-order valence-corrected chi connectivity index (χ3v) is 1.29.